The first-order valence-electron chi connectivity index (χ1n) is 5.73. The van der Waals surface area contributed by atoms with Crippen LogP contribution < -0.4 is 5.32 Å². The van der Waals surface area contributed by atoms with Gasteiger partial charge in [0.25, 0.3) is 0 Å². The highest BCUT2D eigenvalue weighted by Gasteiger charge is 2.48. The van der Waals surface area contributed by atoms with E-state index in [0.717, 1.165) is 25.8 Å². The van der Waals surface area contributed by atoms with Gasteiger partial charge in [0, 0.05) is 6.61 Å². The quantitative estimate of drug-likeness (QED) is 0.694. The standard InChI is InChI=1S/C12H22N2O/c1-10-7-11(2,3)8-12(10,9-13)14-5-4-6-15/h10,14-15H,4-8H2,1-3H3. The monoisotopic (exact) mass is 210 g/mol. The van der Waals surface area contributed by atoms with Gasteiger partial charge < -0.3 is 5.11 Å². The maximum atomic E-state index is 9.34. The van der Waals surface area contributed by atoms with E-state index in [1.54, 1.807) is 0 Å². The van der Waals surface area contributed by atoms with Gasteiger partial charge in [-0.3, -0.25) is 5.32 Å². The Balaban J connectivity index is 2.65. The second kappa shape index (κ2) is 4.51. The molecule has 0 aromatic rings. The first-order chi connectivity index (χ1) is 6.96. The van der Waals surface area contributed by atoms with Gasteiger partial charge in [0.2, 0.25) is 0 Å². The summed E-state index contributed by atoms with van der Waals surface area (Å²) < 4.78 is 0. The molecule has 2 atom stereocenters. The Kier molecular flexibility index (Phi) is 3.75. The second-order valence-corrected chi connectivity index (χ2v) is 5.53. The molecular weight excluding hydrogens is 188 g/mol. The molecule has 1 rings (SSSR count). The first-order valence-corrected chi connectivity index (χ1v) is 5.73. The van der Waals surface area contributed by atoms with Gasteiger partial charge in [0.1, 0.15) is 5.54 Å². The fourth-order valence-electron chi connectivity index (χ4n) is 2.82. The lowest BCUT2D eigenvalue weighted by Crippen LogP contribution is -2.47. The van der Waals surface area contributed by atoms with Crippen molar-refractivity contribution in [2.45, 2.75) is 45.6 Å². The highest BCUT2D eigenvalue weighted by Crippen LogP contribution is 2.47. The van der Waals surface area contributed by atoms with Crippen LogP contribution >= 0.6 is 0 Å². The van der Waals surface area contributed by atoms with Crippen molar-refractivity contribution in [2.24, 2.45) is 11.3 Å². The molecule has 15 heavy (non-hydrogen) atoms. The Hall–Kier alpha value is -0.590. The molecule has 0 bridgehead atoms. The molecule has 0 heterocycles. The van der Waals surface area contributed by atoms with E-state index in [4.69, 9.17) is 5.11 Å². The number of rotatable bonds is 4. The smallest absolute Gasteiger partial charge is 0.109 e. The summed E-state index contributed by atoms with van der Waals surface area (Å²) in [5, 5.41) is 21.4. The lowest BCUT2D eigenvalue weighted by Gasteiger charge is -2.28. The number of nitriles is 1. The van der Waals surface area contributed by atoms with Gasteiger partial charge in [-0.05, 0) is 37.1 Å². The van der Waals surface area contributed by atoms with E-state index < -0.39 is 0 Å². The zero-order valence-electron chi connectivity index (χ0n) is 10.0. The van der Waals surface area contributed by atoms with E-state index in [-0.39, 0.29) is 17.6 Å². The van der Waals surface area contributed by atoms with Crippen LogP contribution in [0, 0.1) is 22.7 Å². The first kappa shape index (κ1) is 12.5. The van der Waals surface area contributed by atoms with E-state index in [0.29, 0.717) is 5.92 Å². The van der Waals surface area contributed by atoms with Gasteiger partial charge in [-0.15, -0.1) is 0 Å². The summed E-state index contributed by atoms with van der Waals surface area (Å²) in [5.74, 6) is 0.385. The molecule has 1 saturated carbocycles. The molecule has 86 valence electrons. The van der Waals surface area contributed by atoms with E-state index in [1.165, 1.54) is 0 Å². The highest BCUT2D eigenvalue weighted by atomic mass is 16.3. The molecule has 1 fully saturated rings. The number of aliphatic hydroxyl groups is 1. The van der Waals surface area contributed by atoms with Gasteiger partial charge in [-0.2, -0.15) is 5.26 Å². The summed E-state index contributed by atoms with van der Waals surface area (Å²) in [6, 6.07) is 2.45. The topological polar surface area (TPSA) is 56.0 Å². The van der Waals surface area contributed by atoms with Gasteiger partial charge in [0.05, 0.1) is 6.07 Å². The molecule has 0 amide bonds. The minimum atomic E-state index is -0.376. The van der Waals surface area contributed by atoms with Crippen molar-refractivity contribution < 1.29 is 5.11 Å². The lowest BCUT2D eigenvalue weighted by atomic mass is 9.87. The van der Waals surface area contributed by atoms with Crippen molar-refractivity contribution in [3.63, 3.8) is 0 Å². The Morgan fingerprint density at radius 3 is 2.60 bits per heavy atom. The largest absolute Gasteiger partial charge is 0.396 e. The van der Waals surface area contributed by atoms with Crippen molar-refractivity contribution in [1.29, 1.82) is 5.26 Å². The van der Waals surface area contributed by atoms with E-state index in [9.17, 15) is 5.26 Å². The van der Waals surface area contributed by atoms with E-state index in [2.05, 4.69) is 32.2 Å². The van der Waals surface area contributed by atoms with Gasteiger partial charge in [-0.1, -0.05) is 20.8 Å². The van der Waals surface area contributed by atoms with Gasteiger partial charge in [0.15, 0.2) is 0 Å². The SMILES string of the molecule is CC1CC(C)(C)CC1(C#N)NCCCO. The molecule has 0 aliphatic heterocycles. The fourth-order valence-corrected chi connectivity index (χ4v) is 2.82. The van der Waals surface area contributed by atoms with Crippen LogP contribution in [0.15, 0.2) is 0 Å². The average Bonchev–Trinajstić information content (AvgIpc) is 2.37. The number of nitrogens with zero attached hydrogens (tertiary/aromatic N) is 1. The zero-order valence-corrected chi connectivity index (χ0v) is 10.0. The molecule has 0 aromatic carbocycles. The van der Waals surface area contributed by atoms with Crippen molar-refractivity contribution >= 4 is 0 Å². The van der Waals surface area contributed by atoms with Crippen LogP contribution in [0.3, 0.4) is 0 Å². The fraction of sp³-hybridized carbons (Fsp3) is 0.917. The summed E-state index contributed by atoms with van der Waals surface area (Å²) in [4.78, 5) is 0. The van der Waals surface area contributed by atoms with Crippen molar-refractivity contribution in [3.05, 3.63) is 0 Å². The Morgan fingerprint density at radius 2 is 2.20 bits per heavy atom. The van der Waals surface area contributed by atoms with Crippen molar-refractivity contribution in [1.82, 2.24) is 5.32 Å². The molecule has 0 aromatic heterocycles. The number of nitrogens with one attached hydrogen (secondary N) is 1. The minimum absolute atomic E-state index is 0.187. The maximum Gasteiger partial charge on any atom is 0.109 e. The molecule has 3 heteroatoms. The molecule has 2 N–H and O–H groups in total. The molecular formula is C12H22N2O. The normalized spacial score (nSPS) is 33.9. The van der Waals surface area contributed by atoms with E-state index in [1.807, 2.05) is 0 Å². The summed E-state index contributed by atoms with van der Waals surface area (Å²) in [5.41, 5.74) is -0.125. The van der Waals surface area contributed by atoms with Crippen LogP contribution in [0.2, 0.25) is 0 Å². The van der Waals surface area contributed by atoms with Crippen LogP contribution in [0.5, 0.6) is 0 Å². The zero-order chi connectivity index (χ0) is 11.5. The Labute approximate surface area is 92.5 Å². The summed E-state index contributed by atoms with van der Waals surface area (Å²) >= 11 is 0. The van der Waals surface area contributed by atoms with Crippen LogP contribution in [0.4, 0.5) is 0 Å². The maximum absolute atomic E-state index is 9.34. The van der Waals surface area contributed by atoms with Gasteiger partial charge in [-0.25, -0.2) is 0 Å². The van der Waals surface area contributed by atoms with Crippen LogP contribution in [0.1, 0.15) is 40.0 Å². The second-order valence-electron chi connectivity index (χ2n) is 5.53. The van der Waals surface area contributed by atoms with Crippen LogP contribution in [-0.4, -0.2) is 23.8 Å². The average molecular weight is 210 g/mol. The molecule has 3 nitrogen and oxygen atoms in total. The van der Waals surface area contributed by atoms with Crippen molar-refractivity contribution in [3.8, 4) is 6.07 Å². The minimum Gasteiger partial charge on any atom is -0.396 e. The predicted molar refractivity (Wildman–Crippen MR) is 60.2 cm³/mol. The highest BCUT2D eigenvalue weighted by molar-refractivity contribution is 5.16. The summed E-state index contributed by atoms with van der Waals surface area (Å²) in [6.07, 6.45) is 2.71. The summed E-state index contributed by atoms with van der Waals surface area (Å²) in [6.45, 7) is 7.49. The predicted octanol–water partition coefficient (Wildman–Crippen LogP) is 1.68. The summed E-state index contributed by atoms with van der Waals surface area (Å²) in [7, 11) is 0. The third kappa shape index (κ3) is 2.70. The molecule has 0 radical (unpaired) electrons. The number of aliphatic hydroxyl groups excluding tert-OH is 1. The van der Waals surface area contributed by atoms with Crippen LogP contribution in [-0.2, 0) is 0 Å². The molecule has 1 aliphatic carbocycles. The lowest BCUT2D eigenvalue weighted by molar-refractivity contribution is 0.265. The molecule has 2 unspecified atom stereocenters. The Bertz CT molecular complexity index is 257. The van der Waals surface area contributed by atoms with E-state index >= 15 is 0 Å². The van der Waals surface area contributed by atoms with Crippen LogP contribution in [0.25, 0.3) is 0 Å². The molecule has 0 spiro atoms. The third-order valence-corrected chi connectivity index (χ3v) is 3.43. The van der Waals surface area contributed by atoms with Crippen molar-refractivity contribution in [2.75, 3.05) is 13.2 Å². The Morgan fingerprint density at radius 1 is 1.53 bits per heavy atom. The molecule has 1 aliphatic rings. The van der Waals surface area contributed by atoms with Gasteiger partial charge >= 0.3 is 0 Å². The number of hydrogen-bond acceptors (Lipinski definition) is 3. The molecule has 0 saturated heterocycles. The number of hydrogen-bond donors (Lipinski definition) is 2. The third-order valence-electron chi connectivity index (χ3n) is 3.43.